The summed E-state index contributed by atoms with van der Waals surface area (Å²) >= 11 is 0. The highest BCUT2D eigenvalue weighted by atomic mass is 15.0. The van der Waals surface area contributed by atoms with Gasteiger partial charge < -0.3 is 9.55 Å². The summed E-state index contributed by atoms with van der Waals surface area (Å²) in [6.45, 7) is 0. The molecule has 2 aromatic heterocycles. The average molecular weight is 336 g/mol. The molecule has 0 aliphatic heterocycles. The molecule has 0 radical (unpaired) electrons. The fourth-order valence-corrected chi connectivity index (χ4v) is 4.79. The molecule has 6 rings (SSSR count). The summed E-state index contributed by atoms with van der Waals surface area (Å²) in [6, 6.07) is 24.1. The Balaban J connectivity index is 1.88. The first kappa shape index (κ1) is 14.2. The molecule has 2 heteroatoms. The highest BCUT2D eigenvalue weighted by molar-refractivity contribution is 6.19. The van der Waals surface area contributed by atoms with Gasteiger partial charge in [0.2, 0.25) is 0 Å². The van der Waals surface area contributed by atoms with Crippen molar-refractivity contribution in [2.75, 3.05) is 0 Å². The van der Waals surface area contributed by atoms with Crippen LogP contribution in [0.25, 0.3) is 38.4 Å². The van der Waals surface area contributed by atoms with Crippen LogP contribution >= 0.6 is 0 Å². The number of H-pyrrole nitrogens is 1. The van der Waals surface area contributed by atoms with E-state index in [1.165, 1.54) is 75.3 Å². The molecule has 0 saturated carbocycles. The van der Waals surface area contributed by atoms with Crippen molar-refractivity contribution >= 4 is 32.7 Å². The van der Waals surface area contributed by atoms with E-state index in [-0.39, 0.29) is 0 Å². The van der Waals surface area contributed by atoms with Crippen molar-refractivity contribution in [2.45, 2.75) is 25.7 Å². The topological polar surface area (TPSA) is 20.7 Å². The van der Waals surface area contributed by atoms with Gasteiger partial charge in [-0.25, -0.2) is 0 Å². The smallest absolute Gasteiger partial charge is 0.0637 e. The maximum atomic E-state index is 3.72. The van der Waals surface area contributed by atoms with Crippen molar-refractivity contribution < 1.29 is 0 Å². The van der Waals surface area contributed by atoms with Gasteiger partial charge in [0.05, 0.1) is 11.0 Å². The Kier molecular flexibility index (Phi) is 2.87. The van der Waals surface area contributed by atoms with Crippen LogP contribution in [0.5, 0.6) is 0 Å². The fraction of sp³-hybridized carbons (Fsp3) is 0.167. The van der Waals surface area contributed by atoms with Gasteiger partial charge in [0, 0.05) is 33.1 Å². The second-order valence-corrected chi connectivity index (χ2v) is 7.36. The molecule has 0 unspecified atom stereocenters. The van der Waals surface area contributed by atoms with Gasteiger partial charge in [0.1, 0.15) is 0 Å². The Morgan fingerprint density at radius 1 is 0.731 bits per heavy atom. The van der Waals surface area contributed by atoms with Crippen molar-refractivity contribution in [1.29, 1.82) is 0 Å². The lowest BCUT2D eigenvalue weighted by molar-refractivity contribution is 0.680. The predicted molar refractivity (Wildman–Crippen MR) is 109 cm³/mol. The molecule has 26 heavy (non-hydrogen) atoms. The van der Waals surface area contributed by atoms with Crippen LogP contribution < -0.4 is 0 Å². The third-order valence-electron chi connectivity index (χ3n) is 5.91. The van der Waals surface area contributed by atoms with Crippen LogP contribution in [0.1, 0.15) is 24.1 Å². The standard InChI is InChI=1S/C24H20N2/c1-2-8-16(9-3-1)26-22-13-7-5-10-17(22)18-14-15-21-23(24(18)26)19-11-4-6-12-20(19)25-21/h1-3,5,7-10,13-15,25H,4,6,11-12H2. The minimum Gasteiger partial charge on any atom is -0.358 e. The van der Waals surface area contributed by atoms with Crippen molar-refractivity contribution in [3.05, 3.63) is 78.0 Å². The van der Waals surface area contributed by atoms with E-state index in [0.29, 0.717) is 0 Å². The van der Waals surface area contributed by atoms with E-state index in [4.69, 9.17) is 0 Å². The van der Waals surface area contributed by atoms with Crippen molar-refractivity contribution in [3.8, 4) is 5.69 Å². The number of para-hydroxylation sites is 2. The van der Waals surface area contributed by atoms with Crippen LogP contribution in [0.3, 0.4) is 0 Å². The van der Waals surface area contributed by atoms with Crippen LogP contribution in [0, 0.1) is 0 Å². The number of aromatic amines is 1. The quantitative estimate of drug-likeness (QED) is 0.379. The first-order valence-electron chi connectivity index (χ1n) is 9.53. The Morgan fingerprint density at radius 2 is 1.54 bits per heavy atom. The highest BCUT2D eigenvalue weighted by Crippen LogP contribution is 2.40. The van der Waals surface area contributed by atoms with Gasteiger partial charge in [-0.05, 0) is 55.5 Å². The van der Waals surface area contributed by atoms with Crippen molar-refractivity contribution in [2.24, 2.45) is 0 Å². The van der Waals surface area contributed by atoms with E-state index in [1.807, 2.05) is 0 Å². The zero-order chi connectivity index (χ0) is 17.1. The van der Waals surface area contributed by atoms with E-state index < -0.39 is 0 Å². The van der Waals surface area contributed by atoms with Crippen LogP contribution in [0.15, 0.2) is 66.7 Å². The molecular formula is C24H20N2. The van der Waals surface area contributed by atoms with Gasteiger partial charge in [0.15, 0.2) is 0 Å². The lowest BCUT2D eigenvalue weighted by Gasteiger charge is -2.12. The molecule has 0 fully saturated rings. The molecule has 1 aliphatic carbocycles. The van der Waals surface area contributed by atoms with Gasteiger partial charge in [-0.15, -0.1) is 0 Å². The fourth-order valence-electron chi connectivity index (χ4n) is 4.79. The van der Waals surface area contributed by atoms with Crippen LogP contribution in [-0.2, 0) is 12.8 Å². The second kappa shape index (κ2) is 5.25. The average Bonchev–Trinajstić information content (AvgIpc) is 3.24. The number of fused-ring (bicyclic) bond motifs is 7. The number of benzene rings is 3. The van der Waals surface area contributed by atoms with E-state index in [2.05, 4.69) is 76.3 Å². The summed E-state index contributed by atoms with van der Waals surface area (Å²) in [5.41, 5.74) is 8.14. The largest absolute Gasteiger partial charge is 0.358 e. The number of aromatic nitrogens is 2. The normalized spacial score (nSPS) is 14.3. The second-order valence-electron chi connectivity index (χ2n) is 7.36. The maximum absolute atomic E-state index is 3.72. The highest BCUT2D eigenvalue weighted by Gasteiger charge is 2.21. The zero-order valence-electron chi connectivity index (χ0n) is 14.6. The Bertz CT molecular complexity index is 1270. The van der Waals surface area contributed by atoms with Gasteiger partial charge in [-0.3, -0.25) is 0 Å². The Morgan fingerprint density at radius 3 is 2.46 bits per heavy atom. The number of rotatable bonds is 1. The summed E-state index contributed by atoms with van der Waals surface area (Å²) in [5.74, 6) is 0. The molecule has 0 atom stereocenters. The molecule has 1 aliphatic rings. The van der Waals surface area contributed by atoms with Gasteiger partial charge in [-0.1, -0.05) is 42.5 Å². The van der Waals surface area contributed by atoms with Crippen molar-refractivity contribution in [1.82, 2.24) is 9.55 Å². The Hall–Kier alpha value is -3.00. The van der Waals surface area contributed by atoms with Crippen LogP contribution in [0.2, 0.25) is 0 Å². The first-order chi connectivity index (χ1) is 12.9. The summed E-state index contributed by atoms with van der Waals surface area (Å²) in [7, 11) is 0. The molecule has 3 aromatic carbocycles. The number of hydrogen-bond acceptors (Lipinski definition) is 0. The van der Waals surface area contributed by atoms with Gasteiger partial charge >= 0.3 is 0 Å². The summed E-state index contributed by atoms with van der Waals surface area (Å²) in [4.78, 5) is 3.72. The summed E-state index contributed by atoms with van der Waals surface area (Å²) in [5, 5.41) is 4.11. The third-order valence-corrected chi connectivity index (χ3v) is 5.91. The van der Waals surface area contributed by atoms with E-state index >= 15 is 0 Å². The molecular weight excluding hydrogens is 316 g/mol. The molecule has 0 saturated heterocycles. The van der Waals surface area contributed by atoms with E-state index in [1.54, 1.807) is 0 Å². The van der Waals surface area contributed by atoms with Crippen LogP contribution in [0.4, 0.5) is 0 Å². The molecule has 2 nitrogen and oxygen atoms in total. The zero-order valence-corrected chi connectivity index (χ0v) is 14.6. The minimum absolute atomic E-state index is 1.18. The molecule has 0 amide bonds. The van der Waals surface area contributed by atoms with E-state index in [0.717, 1.165) is 0 Å². The maximum Gasteiger partial charge on any atom is 0.0637 e. The molecule has 0 bridgehead atoms. The monoisotopic (exact) mass is 336 g/mol. The van der Waals surface area contributed by atoms with Gasteiger partial charge in [0.25, 0.3) is 0 Å². The third kappa shape index (κ3) is 1.82. The lowest BCUT2D eigenvalue weighted by Crippen LogP contribution is -2.01. The predicted octanol–water partition coefficient (Wildman–Crippen LogP) is 6.14. The van der Waals surface area contributed by atoms with Crippen LogP contribution in [-0.4, -0.2) is 9.55 Å². The molecule has 0 spiro atoms. The Labute approximate surface area is 152 Å². The molecule has 5 aromatic rings. The number of aryl methyl sites for hydroxylation is 2. The first-order valence-corrected chi connectivity index (χ1v) is 9.53. The summed E-state index contributed by atoms with van der Waals surface area (Å²) < 4.78 is 2.45. The van der Waals surface area contributed by atoms with Crippen molar-refractivity contribution in [3.63, 3.8) is 0 Å². The number of nitrogens with zero attached hydrogens (tertiary/aromatic N) is 1. The summed E-state index contributed by atoms with van der Waals surface area (Å²) in [6.07, 6.45) is 4.95. The molecule has 2 heterocycles. The SMILES string of the molecule is c1ccc(-n2c3ccccc3c3ccc4[nH]c5c(c4c32)CCCC5)cc1. The van der Waals surface area contributed by atoms with E-state index in [9.17, 15) is 0 Å². The lowest BCUT2D eigenvalue weighted by atomic mass is 9.95. The number of hydrogen-bond donors (Lipinski definition) is 1. The number of nitrogens with one attached hydrogen (secondary N) is 1. The van der Waals surface area contributed by atoms with Gasteiger partial charge in [-0.2, -0.15) is 0 Å². The molecule has 1 N–H and O–H groups in total. The molecule has 126 valence electrons. The minimum atomic E-state index is 1.18.